The van der Waals surface area contributed by atoms with Crippen LogP contribution in [0.15, 0.2) is 78.9 Å². The molecule has 0 radical (unpaired) electrons. The van der Waals surface area contributed by atoms with Crippen molar-refractivity contribution < 1.29 is 14.3 Å². The van der Waals surface area contributed by atoms with Crippen LogP contribution in [0.5, 0.6) is 0 Å². The smallest absolute Gasteiger partial charge is 0.430 e. The summed E-state index contributed by atoms with van der Waals surface area (Å²) in [5, 5.41) is 1.26. The summed E-state index contributed by atoms with van der Waals surface area (Å²) >= 11 is 0. The number of rotatable bonds is 5. The van der Waals surface area contributed by atoms with Crippen LogP contribution in [0.25, 0.3) is 22.2 Å². The van der Waals surface area contributed by atoms with Crippen molar-refractivity contribution >= 4 is 17.1 Å². The minimum atomic E-state index is -0.566. The second-order valence-electron chi connectivity index (χ2n) is 10.8. The zero-order valence-electron chi connectivity index (χ0n) is 21.4. The first-order valence-electron chi connectivity index (χ1n) is 13.0. The van der Waals surface area contributed by atoms with Crippen LogP contribution in [0.2, 0.25) is 0 Å². The van der Waals surface area contributed by atoms with Crippen LogP contribution in [0.3, 0.4) is 0 Å². The Balaban J connectivity index is 1.37. The van der Waals surface area contributed by atoms with Crippen LogP contribution in [0.4, 0.5) is 4.79 Å². The van der Waals surface area contributed by atoms with Gasteiger partial charge < -0.3 is 14.5 Å². The maximum atomic E-state index is 12.3. The van der Waals surface area contributed by atoms with Crippen molar-refractivity contribution in [2.45, 2.75) is 70.5 Å². The number of aromatic nitrogens is 1. The largest absolute Gasteiger partial charge is 0.509 e. The first kappa shape index (κ1) is 24.2. The van der Waals surface area contributed by atoms with Crippen molar-refractivity contribution in [1.82, 2.24) is 4.98 Å². The molecule has 0 bridgehead atoms. The summed E-state index contributed by atoms with van der Waals surface area (Å²) in [5.74, 6) is 0.202. The van der Waals surface area contributed by atoms with Gasteiger partial charge in [0.2, 0.25) is 0 Å². The summed E-state index contributed by atoms with van der Waals surface area (Å²) in [6, 6.07) is 27.9. The highest BCUT2D eigenvalue weighted by molar-refractivity contribution is 5.91. The Labute approximate surface area is 213 Å². The highest BCUT2D eigenvalue weighted by Crippen LogP contribution is 2.37. The van der Waals surface area contributed by atoms with Crippen LogP contribution < -0.4 is 0 Å². The Morgan fingerprint density at radius 1 is 0.889 bits per heavy atom. The zero-order chi connectivity index (χ0) is 25.1. The van der Waals surface area contributed by atoms with Crippen molar-refractivity contribution in [3.8, 4) is 11.3 Å². The van der Waals surface area contributed by atoms with Crippen LogP contribution in [-0.2, 0) is 15.9 Å². The molecule has 0 unspecified atom stereocenters. The Bertz CT molecular complexity index is 1320. The number of para-hydroxylation sites is 1. The molecule has 1 saturated carbocycles. The highest BCUT2D eigenvalue weighted by Gasteiger charge is 2.31. The number of benzene rings is 3. The van der Waals surface area contributed by atoms with E-state index in [0.29, 0.717) is 0 Å². The summed E-state index contributed by atoms with van der Waals surface area (Å²) in [4.78, 5) is 16.0. The number of aromatic amines is 1. The average Bonchev–Trinajstić information content (AvgIpc) is 3.23. The van der Waals surface area contributed by atoms with Crippen molar-refractivity contribution in [1.29, 1.82) is 0 Å². The van der Waals surface area contributed by atoms with E-state index in [-0.39, 0.29) is 12.0 Å². The average molecular weight is 482 g/mol. The summed E-state index contributed by atoms with van der Waals surface area (Å²) in [6.45, 7) is 5.59. The lowest BCUT2D eigenvalue weighted by Crippen LogP contribution is -2.32. The number of ether oxygens (including phenoxy) is 2. The van der Waals surface area contributed by atoms with E-state index in [9.17, 15) is 4.79 Å². The van der Waals surface area contributed by atoms with Crippen LogP contribution in [-0.4, -0.2) is 22.8 Å². The number of hydrogen-bond donors (Lipinski definition) is 1. The van der Waals surface area contributed by atoms with E-state index in [2.05, 4.69) is 83.8 Å². The summed E-state index contributed by atoms with van der Waals surface area (Å²) in [5.41, 5.74) is 6.80. The van der Waals surface area contributed by atoms with Gasteiger partial charge in [-0.2, -0.15) is 0 Å². The lowest BCUT2D eigenvalue weighted by molar-refractivity contribution is -0.0387. The maximum Gasteiger partial charge on any atom is 0.509 e. The van der Waals surface area contributed by atoms with Gasteiger partial charge in [0, 0.05) is 23.2 Å². The van der Waals surface area contributed by atoms with Crippen LogP contribution in [0, 0.1) is 0 Å². The molecule has 1 aromatic heterocycles. The van der Waals surface area contributed by atoms with E-state index < -0.39 is 11.8 Å². The minimum Gasteiger partial charge on any atom is -0.430 e. The van der Waals surface area contributed by atoms with E-state index in [4.69, 9.17) is 9.47 Å². The highest BCUT2D eigenvalue weighted by atomic mass is 16.7. The van der Waals surface area contributed by atoms with Crippen molar-refractivity contribution in [2.75, 3.05) is 0 Å². The van der Waals surface area contributed by atoms with Crippen LogP contribution >= 0.6 is 0 Å². The molecular formula is C32H35NO3. The first-order chi connectivity index (χ1) is 17.4. The molecule has 3 aromatic carbocycles. The summed E-state index contributed by atoms with van der Waals surface area (Å²) in [7, 11) is 0. The lowest BCUT2D eigenvalue weighted by atomic mass is 9.81. The molecule has 1 N–H and O–H groups in total. The van der Waals surface area contributed by atoms with Crippen molar-refractivity contribution in [3.05, 3.63) is 95.6 Å². The number of fused-ring (bicyclic) bond motifs is 1. The molecule has 1 heterocycles. The van der Waals surface area contributed by atoms with Gasteiger partial charge in [-0.25, -0.2) is 4.79 Å². The lowest BCUT2D eigenvalue weighted by Gasteiger charge is -2.32. The summed E-state index contributed by atoms with van der Waals surface area (Å²) in [6.07, 6.45) is 4.26. The predicted octanol–water partition coefficient (Wildman–Crippen LogP) is 8.40. The zero-order valence-corrected chi connectivity index (χ0v) is 21.4. The number of carbonyl (C=O) groups excluding carboxylic acids is 1. The Kier molecular flexibility index (Phi) is 6.86. The maximum absolute atomic E-state index is 12.3. The van der Waals surface area contributed by atoms with Gasteiger partial charge in [-0.3, -0.25) is 0 Å². The molecule has 4 nitrogen and oxygen atoms in total. The predicted molar refractivity (Wildman–Crippen MR) is 145 cm³/mol. The second-order valence-corrected chi connectivity index (χ2v) is 10.8. The molecule has 0 saturated heterocycles. The fourth-order valence-electron chi connectivity index (χ4n) is 5.34. The van der Waals surface area contributed by atoms with Gasteiger partial charge in [0.25, 0.3) is 0 Å². The molecule has 0 spiro atoms. The summed E-state index contributed by atoms with van der Waals surface area (Å²) < 4.78 is 11.2. The fourth-order valence-corrected chi connectivity index (χ4v) is 5.34. The molecule has 4 aromatic rings. The molecule has 0 aliphatic heterocycles. The molecule has 1 fully saturated rings. The third-order valence-corrected chi connectivity index (χ3v) is 7.00. The molecule has 4 heteroatoms. The van der Waals surface area contributed by atoms with Crippen molar-refractivity contribution in [2.24, 2.45) is 0 Å². The topological polar surface area (TPSA) is 51.3 Å². The van der Waals surface area contributed by atoms with E-state index in [0.717, 1.165) is 37.6 Å². The molecule has 5 rings (SSSR count). The van der Waals surface area contributed by atoms with Gasteiger partial charge >= 0.3 is 6.16 Å². The molecule has 186 valence electrons. The molecule has 0 amide bonds. The third-order valence-electron chi connectivity index (χ3n) is 7.00. The number of nitrogens with one attached hydrogen (secondary N) is 1. The number of carbonyl (C=O) groups is 1. The number of hydrogen-bond acceptors (Lipinski definition) is 3. The Morgan fingerprint density at radius 2 is 1.58 bits per heavy atom. The Morgan fingerprint density at radius 3 is 2.33 bits per heavy atom. The molecule has 2 atom stereocenters. The number of H-pyrrole nitrogens is 1. The van der Waals surface area contributed by atoms with Crippen molar-refractivity contribution in [3.63, 3.8) is 0 Å². The Hall–Kier alpha value is -3.53. The minimum absolute atomic E-state index is 0.141. The quantitative estimate of drug-likeness (QED) is 0.291. The standard InChI is InChI=1S/C32H35NO3/c1-32(2,3)36-31(34)35-29-16-10-8-13-25(29)23-19-17-22(18-20-23)21-27-26-14-7-9-15-28(26)33-30(27)24-11-5-4-6-12-24/h4-7,9,11-12,14-15,17-20,25,29,33H,8,10,13,16,21H2,1-3H3/t25-,29+/m0/s1. The van der Waals surface area contributed by atoms with Gasteiger partial charge in [0.1, 0.15) is 11.7 Å². The third kappa shape index (κ3) is 5.48. The molecular weight excluding hydrogens is 446 g/mol. The first-order valence-corrected chi connectivity index (χ1v) is 13.0. The molecule has 1 aliphatic carbocycles. The van der Waals surface area contributed by atoms with Crippen LogP contribution in [0.1, 0.15) is 69.1 Å². The van der Waals surface area contributed by atoms with E-state index in [1.807, 2.05) is 20.8 Å². The van der Waals surface area contributed by atoms with E-state index in [1.165, 1.54) is 33.3 Å². The molecule has 36 heavy (non-hydrogen) atoms. The fraction of sp³-hybridized carbons (Fsp3) is 0.344. The van der Waals surface area contributed by atoms with E-state index >= 15 is 0 Å². The van der Waals surface area contributed by atoms with Gasteiger partial charge in [0.05, 0.1) is 5.69 Å². The monoisotopic (exact) mass is 481 g/mol. The normalized spacial score (nSPS) is 18.2. The van der Waals surface area contributed by atoms with Gasteiger partial charge in [-0.15, -0.1) is 0 Å². The van der Waals surface area contributed by atoms with E-state index in [1.54, 1.807) is 0 Å². The SMILES string of the molecule is CC(C)(C)OC(=O)O[C@@H]1CCCC[C@H]1c1ccc(Cc2c(-c3ccccc3)[nH]c3ccccc23)cc1. The van der Waals surface area contributed by atoms with Gasteiger partial charge in [-0.05, 0) is 68.4 Å². The van der Waals surface area contributed by atoms with Gasteiger partial charge in [-0.1, -0.05) is 79.2 Å². The van der Waals surface area contributed by atoms with Gasteiger partial charge in [0.15, 0.2) is 0 Å². The molecule has 1 aliphatic rings. The second kappa shape index (κ2) is 10.2.